The molecule has 1 aliphatic carbocycles. The molecule has 4 aromatic rings. The number of likely N-dealkylation sites (tertiary alicyclic amines) is 1. The van der Waals surface area contributed by atoms with Crippen LogP contribution in [0.1, 0.15) is 38.4 Å². The van der Waals surface area contributed by atoms with E-state index in [0.29, 0.717) is 34.4 Å². The number of hydrogen-bond acceptors (Lipinski definition) is 7. The lowest BCUT2D eigenvalue weighted by atomic mass is 9.67. The van der Waals surface area contributed by atoms with Gasteiger partial charge in [-0.1, -0.05) is 0 Å². The lowest BCUT2D eigenvalue weighted by Crippen LogP contribution is -2.59. The number of halogens is 2. The summed E-state index contributed by atoms with van der Waals surface area (Å²) in [5, 5.41) is 11.4. The van der Waals surface area contributed by atoms with Crippen molar-refractivity contribution >= 4 is 34.4 Å². The van der Waals surface area contributed by atoms with Gasteiger partial charge in [-0.05, 0) is 50.8 Å². The second kappa shape index (κ2) is 9.17. The van der Waals surface area contributed by atoms with Gasteiger partial charge in [-0.15, -0.1) is 5.10 Å². The van der Waals surface area contributed by atoms with Crippen molar-refractivity contribution in [1.29, 1.82) is 0 Å². The first-order valence-corrected chi connectivity index (χ1v) is 13.0. The standard InChI is InChI=1S/C26H31F2N9O/c1-15-30-20-5-4-19(32-24(20)36(15)12-21(27)28)18-8-11-37-22(18)23(29-3)33-25(34-37)31-17-6-9-26(10-7-17)13-35(14-26)16(2)38/h4-5,8,11,17,21H,6-7,9-10,12-14H2,1-3H3,(H2,29,31,33,34). The van der Waals surface area contributed by atoms with E-state index in [1.165, 1.54) is 4.57 Å². The van der Waals surface area contributed by atoms with E-state index in [0.717, 1.165) is 49.9 Å². The number of imidazole rings is 1. The van der Waals surface area contributed by atoms with Gasteiger partial charge in [0.2, 0.25) is 11.9 Å². The van der Waals surface area contributed by atoms with Gasteiger partial charge in [0.25, 0.3) is 6.43 Å². The lowest BCUT2D eigenvalue weighted by molar-refractivity contribution is -0.143. The molecule has 200 valence electrons. The monoisotopic (exact) mass is 523 g/mol. The molecule has 0 radical (unpaired) electrons. The van der Waals surface area contributed by atoms with Crippen molar-refractivity contribution < 1.29 is 13.6 Å². The molecule has 1 spiro atoms. The predicted molar refractivity (Wildman–Crippen MR) is 140 cm³/mol. The van der Waals surface area contributed by atoms with E-state index in [1.54, 1.807) is 24.4 Å². The molecule has 10 nitrogen and oxygen atoms in total. The largest absolute Gasteiger partial charge is 0.371 e. The number of carbonyl (C=O) groups is 1. The summed E-state index contributed by atoms with van der Waals surface area (Å²) in [6, 6.07) is 5.82. The molecule has 2 fully saturated rings. The Labute approximate surface area is 218 Å². The third kappa shape index (κ3) is 4.21. The van der Waals surface area contributed by atoms with E-state index >= 15 is 0 Å². The molecule has 6 rings (SSSR count). The summed E-state index contributed by atoms with van der Waals surface area (Å²) in [5.41, 5.74) is 3.47. The van der Waals surface area contributed by atoms with Gasteiger partial charge >= 0.3 is 0 Å². The first-order valence-electron chi connectivity index (χ1n) is 13.0. The van der Waals surface area contributed by atoms with Crippen LogP contribution in [0.3, 0.4) is 0 Å². The van der Waals surface area contributed by atoms with Crippen molar-refractivity contribution in [3.05, 3.63) is 30.2 Å². The number of amides is 1. The molecule has 0 unspecified atom stereocenters. The maximum Gasteiger partial charge on any atom is 0.256 e. The van der Waals surface area contributed by atoms with Crippen LogP contribution in [-0.4, -0.2) is 72.5 Å². The van der Waals surface area contributed by atoms with E-state index in [1.807, 2.05) is 30.3 Å². The average Bonchev–Trinajstić information content (AvgIpc) is 3.42. The number of hydrogen-bond donors (Lipinski definition) is 2. The number of fused-ring (bicyclic) bond motifs is 2. The van der Waals surface area contributed by atoms with Gasteiger partial charge in [0.1, 0.15) is 16.9 Å². The molecule has 5 heterocycles. The number of aryl methyl sites for hydroxylation is 1. The average molecular weight is 524 g/mol. The number of nitrogens with zero attached hydrogens (tertiary/aromatic N) is 7. The molecular formula is C26H31F2N9O. The quantitative estimate of drug-likeness (QED) is 0.394. The number of pyridine rings is 1. The van der Waals surface area contributed by atoms with Crippen molar-refractivity contribution in [3.8, 4) is 11.3 Å². The van der Waals surface area contributed by atoms with Crippen LogP contribution in [0.15, 0.2) is 24.4 Å². The highest BCUT2D eigenvalue weighted by atomic mass is 19.3. The second-order valence-corrected chi connectivity index (χ2v) is 10.6. The van der Waals surface area contributed by atoms with Gasteiger partial charge in [0.05, 0.1) is 12.2 Å². The molecule has 2 aliphatic rings. The summed E-state index contributed by atoms with van der Waals surface area (Å²) in [5.74, 6) is 1.85. The van der Waals surface area contributed by atoms with Crippen LogP contribution in [0.25, 0.3) is 27.9 Å². The van der Waals surface area contributed by atoms with Crippen molar-refractivity contribution in [2.24, 2.45) is 5.41 Å². The summed E-state index contributed by atoms with van der Waals surface area (Å²) in [7, 11) is 1.81. The number of nitrogens with one attached hydrogen (secondary N) is 2. The van der Waals surface area contributed by atoms with E-state index in [4.69, 9.17) is 15.1 Å². The zero-order valence-corrected chi connectivity index (χ0v) is 21.7. The first-order chi connectivity index (χ1) is 18.2. The molecule has 1 aliphatic heterocycles. The minimum Gasteiger partial charge on any atom is -0.371 e. The number of aromatic nitrogens is 6. The fourth-order valence-electron chi connectivity index (χ4n) is 5.95. The van der Waals surface area contributed by atoms with Crippen LogP contribution >= 0.6 is 0 Å². The summed E-state index contributed by atoms with van der Waals surface area (Å²) in [6.07, 6.45) is 3.54. The van der Waals surface area contributed by atoms with Crippen molar-refractivity contribution in [3.63, 3.8) is 0 Å². The SMILES string of the molecule is CNc1nc(NC2CCC3(CC2)CN(C(C)=O)C3)nn2ccc(-c3ccc4nc(C)n(CC(F)F)c4n3)c12. The Balaban J connectivity index is 1.25. The fourth-order valence-corrected chi connectivity index (χ4v) is 5.95. The number of rotatable bonds is 6. The molecule has 0 atom stereocenters. The minimum atomic E-state index is -2.50. The third-order valence-electron chi connectivity index (χ3n) is 8.00. The third-order valence-corrected chi connectivity index (χ3v) is 8.00. The van der Waals surface area contributed by atoms with Crippen LogP contribution in [0.2, 0.25) is 0 Å². The van der Waals surface area contributed by atoms with E-state index < -0.39 is 13.0 Å². The second-order valence-electron chi connectivity index (χ2n) is 10.6. The van der Waals surface area contributed by atoms with Crippen LogP contribution in [0.5, 0.6) is 0 Å². The van der Waals surface area contributed by atoms with Gasteiger partial charge in [-0.3, -0.25) is 4.79 Å². The van der Waals surface area contributed by atoms with Crippen molar-refractivity contribution in [2.75, 3.05) is 30.8 Å². The molecule has 0 bridgehead atoms. The Bertz CT molecular complexity index is 1510. The summed E-state index contributed by atoms with van der Waals surface area (Å²) in [4.78, 5) is 27.3. The van der Waals surface area contributed by atoms with Crippen molar-refractivity contribution in [1.82, 2.24) is 34.0 Å². The molecule has 1 saturated heterocycles. The van der Waals surface area contributed by atoms with Crippen LogP contribution in [-0.2, 0) is 11.3 Å². The summed E-state index contributed by atoms with van der Waals surface area (Å²) >= 11 is 0. The molecule has 1 amide bonds. The molecule has 0 aromatic carbocycles. The van der Waals surface area contributed by atoms with Gasteiger partial charge < -0.3 is 20.1 Å². The molecule has 38 heavy (non-hydrogen) atoms. The number of alkyl halides is 2. The Hall–Kier alpha value is -3.83. The molecule has 12 heteroatoms. The molecule has 4 aromatic heterocycles. The highest BCUT2D eigenvalue weighted by Gasteiger charge is 2.46. The Morgan fingerprint density at radius 3 is 2.61 bits per heavy atom. The fraction of sp³-hybridized carbons (Fsp3) is 0.500. The van der Waals surface area contributed by atoms with Gasteiger partial charge in [-0.2, -0.15) is 4.98 Å². The van der Waals surface area contributed by atoms with Gasteiger partial charge in [-0.25, -0.2) is 23.3 Å². The maximum absolute atomic E-state index is 13.2. The molecular weight excluding hydrogens is 492 g/mol. The van der Waals surface area contributed by atoms with Crippen LogP contribution in [0, 0.1) is 12.3 Å². The normalized spacial score (nSPS) is 17.5. The van der Waals surface area contributed by atoms with Gasteiger partial charge in [0, 0.05) is 50.3 Å². The van der Waals surface area contributed by atoms with Crippen molar-refractivity contribution in [2.45, 2.75) is 58.5 Å². The highest BCUT2D eigenvalue weighted by Crippen LogP contribution is 2.44. The van der Waals surface area contributed by atoms with Crippen LogP contribution in [0.4, 0.5) is 20.5 Å². The predicted octanol–water partition coefficient (Wildman–Crippen LogP) is 3.96. The summed E-state index contributed by atoms with van der Waals surface area (Å²) in [6.45, 7) is 4.63. The Morgan fingerprint density at radius 2 is 1.92 bits per heavy atom. The molecule has 1 saturated carbocycles. The summed E-state index contributed by atoms with van der Waals surface area (Å²) < 4.78 is 29.6. The smallest absolute Gasteiger partial charge is 0.256 e. The maximum atomic E-state index is 13.2. The Kier molecular flexibility index (Phi) is 5.92. The lowest BCUT2D eigenvalue weighted by Gasteiger charge is -2.53. The van der Waals surface area contributed by atoms with E-state index in [9.17, 15) is 13.6 Å². The zero-order valence-electron chi connectivity index (χ0n) is 21.7. The minimum absolute atomic E-state index is 0.160. The van der Waals surface area contributed by atoms with Gasteiger partial charge in [0.15, 0.2) is 11.5 Å². The highest BCUT2D eigenvalue weighted by molar-refractivity contribution is 5.89. The topological polar surface area (TPSA) is 105 Å². The van der Waals surface area contributed by atoms with E-state index in [-0.39, 0.29) is 17.4 Å². The Morgan fingerprint density at radius 1 is 1.16 bits per heavy atom. The van der Waals surface area contributed by atoms with Crippen LogP contribution < -0.4 is 10.6 Å². The molecule has 2 N–H and O–H groups in total. The number of anilines is 2. The first kappa shape index (κ1) is 24.5. The number of carbonyl (C=O) groups excluding carboxylic acids is 1. The zero-order chi connectivity index (χ0) is 26.6. The van der Waals surface area contributed by atoms with E-state index in [2.05, 4.69) is 15.6 Å².